The van der Waals surface area contributed by atoms with E-state index in [-0.39, 0.29) is 5.75 Å². The van der Waals surface area contributed by atoms with Crippen LogP contribution < -0.4 is 4.74 Å². The van der Waals surface area contributed by atoms with Gasteiger partial charge in [-0.1, -0.05) is 19.1 Å². The van der Waals surface area contributed by atoms with E-state index in [1.54, 1.807) is 19.5 Å². The van der Waals surface area contributed by atoms with Gasteiger partial charge in [0.25, 0.3) is 0 Å². The largest absolute Gasteiger partial charge is 0.495 e. The van der Waals surface area contributed by atoms with Crippen LogP contribution in [-0.4, -0.2) is 35.2 Å². The second-order valence-electron chi connectivity index (χ2n) is 6.58. The maximum absolute atomic E-state index is 12.5. The van der Waals surface area contributed by atoms with Crippen molar-refractivity contribution in [2.24, 2.45) is 0 Å². The molecule has 6 nitrogen and oxygen atoms in total. The van der Waals surface area contributed by atoms with Crippen molar-refractivity contribution in [1.82, 2.24) is 13.9 Å². The van der Waals surface area contributed by atoms with E-state index in [0.717, 1.165) is 33.1 Å². The van der Waals surface area contributed by atoms with Gasteiger partial charge in [-0.3, -0.25) is 0 Å². The summed E-state index contributed by atoms with van der Waals surface area (Å²) < 4.78 is 31.7. The molecule has 0 aliphatic heterocycles. The van der Waals surface area contributed by atoms with Crippen molar-refractivity contribution >= 4 is 32.0 Å². The first-order valence-corrected chi connectivity index (χ1v) is 10.5. The summed E-state index contributed by atoms with van der Waals surface area (Å²) in [5.74, 6) is 0.841. The first kappa shape index (κ1) is 17.6. The summed E-state index contributed by atoms with van der Waals surface area (Å²) in [6, 6.07) is 9.75. The highest BCUT2D eigenvalue weighted by atomic mass is 32.2. The van der Waals surface area contributed by atoms with E-state index in [9.17, 15) is 8.42 Å². The summed E-state index contributed by atoms with van der Waals surface area (Å²) in [5.41, 5.74) is 3.65. The molecule has 0 saturated heterocycles. The Labute approximate surface area is 157 Å². The Morgan fingerprint density at radius 1 is 1.22 bits per heavy atom. The Kier molecular flexibility index (Phi) is 4.39. The van der Waals surface area contributed by atoms with Crippen LogP contribution in [0.2, 0.25) is 0 Å². The molecule has 7 heteroatoms. The molecule has 0 unspecified atom stereocenters. The third kappa shape index (κ3) is 3.19. The minimum atomic E-state index is -3.33. The van der Waals surface area contributed by atoms with Gasteiger partial charge in [-0.05, 0) is 42.2 Å². The van der Waals surface area contributed by atoms with Gasteiger partial charge in [-0.15, -0.1) is 0 Å². The van der Waals surface area contributed by atoms with Crippen LogP contribution in [-0.2, 0) is 16.4 Å². The molecule has 1 N–H and O–H groups in total. The fourth-order valence-corrected chi connectivity index (χ4v) is 4.79. The quantitative estimate of drug-likeness (QED) is 0.551. The van der Waals surface area contributed by atoms with Gasteiger partial charge in [-0.2, -0.15) is 0 Å². The minimum Gasteiger partial charge on any atom is -0.495 e. The van der Waals surface area contributed by atoms with Gasteiger partial charge in [-0.25, -0.2) is 17.4 Å². The Morgan fingerprint density at radius 2 is 2.07 bits per heavy atom. The van der Waals surface area contributed by atoms with Crippen molar-refractivity contribution in [1.29, 1.82) is 0 Å². The molecule has 3 aromatic heterocycles. The van der Waals surface area contributed by atoms with E-state index in [1.807, 2.05) is 43.5 Å². The Morgan fingerprint density at radius 3 is 2.85 bits per heavy atom. The van der Waals surface area contributed by atoms with E-state index in [4.69, 9.17) is 4.74 Å². The van der Waals surface area contributed by atoms with Crippen LogP contribution in [0.3, 0.4) is 0 Å². The Bertz CT molecular complexity index is 1220. The third-order valence-electron chi connectivity index (χ3n) is 4.71. The summed E-state index contributed by atoms with van der Waals surface area (Å²) in [6.45, 7) is 1.87. The lowest BCUT2D eigenvalue weighted by atomic mass is 10.0. The molecule has 4 rings (SSSR count). The smallest absolute Gasteiger partial charge is 0.238 e. The number of methoxy groups -OCH3 is 1. The number of hydrogen-bond donors (Lipinski definition) is 1. The minimum absolute atomic E-state index is 0.134. The van der Waals surface area contributed by atoms with Crippen molar-refractivity contribution < 1.29 is 13.2 Å². The molecule has 0 saturated carbocycles. The van der Waals surface area contributed by atoms with Crippen LogP contribution in [0.15, 0.2) is 48.9 Å². The molecule has 3 heterocycles. The van der Waals surface area contributed by atoms with E-state index >= 15 is 0 Å². The summed E-state index contributed by atoms with van der Waals surface area (Å²) in [5, 5.41) is 1.92. The number of aromatic nitrogens is 3. The zero-order valence-electron chi connectivity index (χ0n) is 15.3. The second-order valence-corrected chi connectivity index (χ2v) is 8.55. The van der Waals surface area contributed by atoms with Crippen LogP contribution in [0, 0.1) is 0 Å². The van der Waals surface area contributed by atoms with Crippen LogP contribution in [0.4, 0.5) is 0 Å². The first-order valence-electron chi connectivity index (χ1n) is 8.85. The highest BCUT2D eigenvalue weighted by molar-refractivity contribution is 7.90. The van der Waals surface area contributed by atoms with Crippen LogP contribution in [0.5, 0.6) is 5.75 Å². The molecular weight excluding hydrogens is 362 g/mol. The predicted molar refractivity (Wildman–Crippen MR) is 107 cm³/mol. The van der Waals surface area contributed by atoms with E-state index < -0.39 is 10.0 Å². The van der Waals surface area contributed by atoms with Gasteiger partial charge >= 0.3 is 0 Å². The zero-order valence-corrected chi connectivity index (χ0v) is 16.1. The molecule has 0 amide bonds. The van der Waals surface area contributed by atoms with Crippen LogP contribution >= 0.6 is 0 Å². The number of nitrogens with one attached hydrogen (secondary N) is 1. The number of hydrogen-bond acceptors (Lipinski definition) is 4. The van der Waals surface area contributed by atoms with Gasteiger partial charge in [0.1, 0.15) is 11.4 Å². The van der Waals surface area contributed by atoms with Crippen molar-refractivity contribution in [2.75, 3.05) is 12.9 Å². The average Bonchev–Trinajstić information content (AvgIpc) is 3.25. The standard InChI is InChI=1S/C20H21N3O3S/c1-3-8-27(24,25)23-7-6-15-5-4-14(10-19(15)23)9-16-12-21-20-18(16)11-17(26-2)13-22-20/h4-7,10-13H,3,8-9H2,1-2H3,(H,21,22). The highest BCUT2D eigenvalue weighted by Gasteiger charge is 2.15. The number of aromatic amines is 1. The Hall–Kier alpha value is -2.80. The number of ether oxygens (including phenoxy) is 1. The SMILES string of the molecule is CCCS(=O)(=O)n1ccc2ccc(Cc3c[nH]c4ncc(OC)cc34)cc21. The summed E-state index contributed by atoms with van der Waals surface area (Å²) >= 11 is 0. The number of rotatable bonds is 6. The predicted octanol–water partition coefficient (Wildman–Crippen LogP) is 3.70. The van der Waals surface area contributed by atoms with E-state index in [0.29, 0.717) is 18.6 Å². The molecule has 27 heavy (non-hydrogen) atoms. The summed E-state index contributed by atoms with van der Waals surface area (Å²) in [7, 11) is -1.71. The second kappa shape index (κ2) is 6.74. The highest BCUT2D eigenvalue weighted by Crippen LogP contribution is 2.26. The van der Waals surface area contributed by atoms with Crippen molar-refractivity contribution in [3.8, 4) is 5.75 Å². The molecule has 0 spiro atoms. The van der Waals surface area contributed by atoms with Gasteiger partial charge in [0.2, 0.25) is 10.0 Å². The van der Waals surface area contributed by atoms with E-state index in [1.165, 1.54) is 3.97 Å². The van der Waals surface area contributed by atoms with E-state index in [2.05, 4.69) is 9.97 Å². The number of pyridine rings is 1. The topological polar surface area (TPSA) is 77.0 Å². The lowest BCUT2D eigenvalue weighted by Gasteiger charge is -2.08. The number of fused-ring (bicyclic) bond motifs is 2. The molecule has 0 fully saturated rings. The van der Waals surface area contributed by atoms with Crippen molar-refractivity contribution in [2.45, 2.75) is 19.8 Å². The maximum Gasteiger partial charge on any atom is 0.238 e. The maximum atomic E-state index is 12.5. The lowest BCUT2D eigenvalue weighted by molar-refractivity contribution is 0.413. The van der Waals surface area contributed by atoms with Crippen LogP contribution in [0.25, 0.3) is 21.9 Å². The molecule has 140 valence electrons. The van der Waals surface area contributed by atoms with Crippen LogP contribution in [0.1, 0.15) is 24.5 Å². The lowest BCUT2D eigenvalue weighted by Crippen LogP contribution is -2.15. The van der Waals surface area contributed by atoms with Gasteiger partial charge in [0.05, 0.1) is 24.6 Å². The summed E-state index contributed by atoms with van der Waals surface area (Å²) in [4.78, 5) is 7.54. The monoisotopic (exact) mass is 383 g/mol. The molecule has 0 aliphatic carbocycles. The van der Waals surface area contributed by atoms with Gasteiger partial charge in [0.15, 0.2) is 0 Å². The Balaban J connectivity index is 1.75. The molecule has 4 aromatic rings. The molecule has 1 aromatic carbocycles. The van der Waals surface area contributed by atoms with Crippen molar-refractivity contribution in [3.05, 3.63) is 60.0 Å². The van der Waals surface area contributed by atoms with Gasteiger partial charge < -0.3 is 9.72 Å². The fraction of sp³-hybridized carbons (Fsp3) is 0.250. The van der Waals surface area contributed by atoms with Crippen molar-refractivity contribution in [3.63, 3.8) is 0 Å². The first-order chi connectivity index (χ1) is 13.0. The molecule has 0 bridgehead atoms. The van der Waals surface area contributed by atoms with Gasteiger partial charge in [0, 0.05) is 23.2 Å². The zero-order chi connectivity index (χ0) is 19.0. The fourth-order valence-electron chi connectivity index (χ4n) is 3.37. The molecule has 0 aliphatic rings. The molecular formula is C20H21N3O3S. The summed E-state index contributed by atoms with van der Waals surface area (Å²) in [6.07, 6.45) is 6.52. The number of benzene rings is 1. The molecule has 0 atom stereocenters. The number of H-pyrrole nitrogens is 1. The molecule has 0 radical (unpaired) electrons. The normalized spacial score (nSPS) is 12.1. The number of nitrogens with zero attached hydrogens (tertiary/aromatic N) is 2. The average molecular weight is 383 g/mol. The third-order valence-corrected chi connectivity index (χ3v) is 6.55.